The van der Waals surface area contributed by atoms with Gasteiger partial charge in [0.25, 0.3) is 0 Å². The first-order valence-electron chi connectivity index (χ1n) is 6.41. The van der Waals surface area contributed by atoms with Crippen LogP contribution < -0.4 is 0 Å². The average Bonchev–Trinajstić information content (AvgIpc) is 2.82. The molecule has 0 aliphatic heterocycles. The molecule has 112 valence electrons. The van der Waals surface area contributed by atoms with Crippen molar-refractivity contribution in [3.63, 3.8) is 0 Å². The summed E-state index contributed by atoms with van der Waals surface area (Å²) in [5.41, 5.74) is -0.753. The third kappa shape index (κ3) is 2.67. The van der Waals surface area contributed by atoms with Crippen LogP contribution in [0.3, 0.4) is 0 Å². The van der Waals surface area contributed by atoms with Crippen molar-refractivity contribution in [2.75, 3.05) is 0 Å². The average molecular weight is 317 g/mol. The molecule has 1 aromatic carbocycles. The number of hydrogen-bond acceptors (Lipinski definition) is 3. The lowest BCUT2D eigenvalue weighted by Gasteiger charge is -2.14. The number of aliphatic hydroxyl groups excluding tert-OH is 1. The molecule has 1 aliphatic carbocycles. The first kappa shape index (κ1) is 14.5. The van der Waals surface area contributed by atoms with Crippen LogP contribution in [0.4, 0.5) is 17.6 Å². The molecule has 21 heavy (non-hydrogen) atoms. The molecule has 0 saturated carbocycles. The zero-order valence-electron chi connectivity index (χ0n) is 10.7. The highest BCUT2D eigenvalue weighted by Gasteiger charge is 2.35. The molecular formula is C14H11F4NOS. The fraction of sp³-hybridized carbons (Fsp3) is 0.357. The maximum absolute atomic E-state index is 13.3. The lowest BCUT2D eigenvalue weighted by Crippen LogP contribution is -2.08. The molecule has 0 bridgehead atoms. The van der Waals surface area contributed by atoms with Crippen molar-refractivity contribution in [3.8, 4) is 10.6 Å². The Morgan fingerprint density at radius 1 is 1.29 bits per heavy atom. The molecule has 0 spiro atoms. The van der Waals surface area contributed by atoms with E-state index in [0.717, 1.165) is 40.8 Å². The van der Waals surface area contributed by atoms with E-state index in [1.54, 1.807) is 0 Å². The van der Waals surface area contributed by atoms with Crippen LogP contribution in [0, 0.1) is 5.82 Å². The molecule has 2 nitrogen and oxygen atoms in total. The number of aryl methyl sites for hydroxylation is 1. The highest BCUT2D eigenvalue weighted by Crippen LogP contribution is 2.42. The molecule has 3 rings (SSSR count). The molecule has 1 N–H and O–H groups in total. The zero-order valence-corrected chi connectivity index (χ0v) is 11.6. The highest BCUT2D eigenvalue weighted by molar-refractivity contribution is 7.15. The van der Waals surface area contributed by atoms with E-state index in [2.05, 4.69) is 4.98 Å². The molecule has 1 heterocycles. The number of aliphatic hydroxyl groups is 1. The predicted octanol–water partition coefficient (Wildman–Crippen LogP) is 4.34. The molecule has 0 amide bonds. The smallest absolute Gasteiger partial charge is 0.387 e. The van der Waals surface area contributed by atoms with Crippen molar-refractivity contribution in [2.45, 2.75) is 31.5 Å². The Kier molecular flexibility index (Phi) is 3.49. The normalized spacial score (nSPS) is 18.6. The molecule has 0 saturated heterocycles. The summed E-state index contributed by atoms with van der Waals surface area (Å²) in [5.74, 6) is -0.744. The summed E-state index contributed by atoms with van der Waals surface area (Å²) in [6.07, 6.45) is -3.33. The Balaban J connectivity index is 2.15. The molecule has 0 fully saturated rings. The van der Waals surface area contributed by atoms with Crippen LogP contribution in [0.5, 0.6) is 0 Å². The third-order valence-corrected chi connectivity index (χ3v) is 4.61. The number of hydrogen-bond donors (Lipinski definition) is 1. The van der Waals surface area contributed by atoms with Gasteiger partial charge in [0.05, 0.1) is 17.4 Å². The van der Waals surface area contributed by atoms with E-state index >= 15 is 0 Å². The fourth-order valence-electron chi connectivity index (χ4n) is 2.45. The number of fused-ring (bicyclic) bond motifs is 1. The number of halogens is 4. The van der Waals surface area contributed by atoms with Crippen LogP contribution in [-0.4, -0.2) is 10.1 Å². The van der Waals surface area contributed by atoms with Gasteiger partial charge in [0.15, 0.2) is 0 Å². The molecule has 0 radical (unpaired) electrons. The van der Waals surface area contributed by atoms with E-state index in [0.29, 0.717) is 18.5 Å². The summed E-state index contributed by atoms with van der Waals surface area (Å²) in [6, 6.07) is 2.36. The van der Waals surface area contributed by atoms with Gasteiger partial charge in [-0.2, -0.15) is 13.2 Å². The second kappa shape index (κ2) is 5.06. The van der Waals surface area contributed by atoms with Crippen LogP contribution in [-0.2, 0) is 12.6 Å². The van der Waals surface area contributed by atoms with Crippen molar-refractivity contribution in [3.05, 3.63) is 40.2 Å². The summed E-state index contributed by atoms with van der Waals surface area (Å²) in [5, 5.41) is 9.96. The Morgan fingerprint density at radius 2 is 2.05 bits per heavy atom. The summed E-state index contributed by atoms with van der Waals surface area (Å²) in [4.78, 5) is 4.90. The van der Waals surface area contributed by atoms with Gasteiger partial charge in [-0.25, -0.2) is 9.37 Å². The van der Waals surface area contributed by atoms with Gasteiger partial charge in [-0.05, 0) is 37.5 Å². The Hall–Kier alpha value is -1.47. The van der Waals surface area contributed by atoms with Gasteiger partial charge in [-0.15, -0.1) is 11.3 Å². The maximum Gasteiger partial charge on any atom is 0.417 e. The summed E-state index contributed by atoms with van der Waals surface area (Å²) >= 11 is 1.09. The van der Waals surface area contributed by atoms with Crippen LogP contribution in [0.1, 0.15) is 35.1 Å². The number of nitrogens with zero attached hydrogens (tertiary/aromatic N) is 1. The first-order chi connectivity index (χ1) is 9.86. The largest absolute Gasteiger partial charge is 0.417 e. The zero-order chi connectivity index (χ0) is 15.2. The summed E-state index contributed by atoms with van der Waals surface area (Å²) in [6.45, 7) is 0. The van der Waals surface area contributed by atoms with E-state index < -0.39 is 23.7 Å². The van der Waals surface area contributed by atoms with Gasteiger partial charge >= 0.3 is 6.18 Å². The lowest BCUT2D eigenvalue weighted by molar-refractivity contribution is -0.137. The van der Waals surface area contributed by atoms with Crippen molar-refractivity contribution in [1.82, 2.24) is 4.98 Å². The minimum atomic E-state index is -4.58. The molecule has 7 heteroatoms. The molecule has 1 aliphatic rings. The van der Waals surface area contributed by atoms with Gasteiger partial charge in [0.1, 0.15) is 10.8 Å². The second-order valence-corrected chi connectivity index (χ2v) is 6.01. The van der Waals surface area contributed by atoms with Crippen molar-refractivity contribution in [1.29, 1.82) is 0 Å². The third-order valence-electron chi connectivity index (χ3n) is 3.44. The van der Waals surface area contributed by atoms with E-state index in [1.807, 2.05) is 0 Å². The number of alkyl halides is 3. The van der Waals surface area contributed by atoms with Gasteiger partial charge in [-0.1, -0.05) is 0 Å². The Morgan fingerprint density at radius 3 is 2.71 bits per heavy atom. The van der Waals surface area contributed by atoms with Gasteiger partial charge in [-0.3, -0.25) is 0 Å². The first-order valence-corrected chi connectivity index (χ1v) is 7.22. The van der Waals surface area contributed by atoms with Crippen molar-refractivity contribution in [2.24, 2.45) is 0 Å². The molecule has 1 aromatic heterocycles. The molecule has 1 unspecified atom stereocenters. The number of aromatic nitrogens is 1. The van der Waals surface area contributed by atoms with Gasteiger partial charge < -0.3 is 5.11 Å². The van der Waals surface area contributed by atoms with Crippen LogP contribution in [0.2, 0.25) is 0 Å². The van der Waals surface area contributed by atoms with E-state index in [1.165, 1.54) is 0 Å². The Labute approximate surface area is 122 Å². The van der Waals surface area contributed by atoms with E-state index in [-0.39, 0.29) is 10.6 Å². The monoisotopic (exact) mass is 317 g/mol. The van der Waals surface area contributed by atoms with Gasteiger partial charge in [0.2, 0.25) is 0 Å². The second-order valence-electron chi connectivity index (χ2n) is 4.92. The number of thiazole rings is 1. The van der Waals surface area contributed by atoms with Crippen LogP contribution >= 0.6 is 11.3 Å². The topological polar surface area (TPSA) is 33.1 Å². The highest BCUT2D eigenvalue weighted by atomic mass is 32.1. The quantitative estimate of drug-likeness (QED) is 0.794. The van der Waals surface area contributed by atoms with Gasteiger partial charge in [0, 0.05) is 10.4 Å². The van der Waals surface area contributed by atoms with E-state index in [9.17, 15) is 22.7 Å². The standard InChI is InChI=1S/C14H11F4NOS/c15-7-4-5-9(14(16,17)18)8(6-7)13-19-12-10(20)2-1-3-11(12)21-13/h4-6,10,20H,1-3H2. The van der Waals surface area contributed by atoms with Crippen LogP contribution in [0.15, 0.2) is 18.2 Å². The van der Waals surface area contributed by atoms with E-state index in [4.69, 9.17) is 0 Å². The Bertz CT molecular complexity index is 680. The van der Waals surface area contributed by atoms with Crippen LogP contribution in [0.25, 0.3) is 10.6 Å². The predicted molar refractivity (Wildman–Crippen MR) is 70.4 cm³/mol. The molecule has 1 atom stereocenters. The minimum Gasteiger partial charge on any atom is -0.387 e. The molecule has 2 aromatic rings. The number of benzene rings is 1. The number of rotatable bonds is 1. The fourth-order valence-corrected chi connectivity index (χ4v) is 3.64. The summed E-state index contributed by atoms with van der Waals surface area (Å²) in [7, 11) is 0. The molecular weight excluding hydrogens is 306 g/mol. The lowest BCUT2D eigenvalue weighted by atomic mass is 10.0. The summed E-state index contributed by atoms with van der Waals surface area (Å²) < 4.78 is 52.4. The van der Waals surface area contributed by atoms with Crippen molar-refractivity contribution < 1.29 is 22.7 Å². The SMILES string of the molecule is OC1CCCc2sc(-c3cc(F)ccc3C(F)(F)F)nc21. The minimum absolute atomic E-state index is 0.104. The van der Waals surface area contributed by atoms with Crippen molar-refractivity contribution >= 4 is 11.3 Å². The maximum atomic E-state index is 13.3.